The van der Waals surface area contributed by atoms with Crippen molar-refractivity contribution < 1.29 is 8.42 Å². The molecule has 0 spiro atoms. The number of hydrogen-bond donors (Lipinski definition) is 3. The summed E-state index contributed by atoms with van der Waals surface area (Å²) >= 11 is 1.92. The number of thioether (sulfide) groups is 1. The molecule has 0 radical (unpaired) electrons. The van der Waals surface area contributed by atoms with E-state index in [2.05, 4.69) is 26.6 Å². The van der Waals surface area contributed by atoms with Crippen LogP contribution in [0.2, 0.25) is 0 Å². The minimum absolute atomic E-state index is 0.0500. The standard InChI is InChI=1S/C16H32N4O2S2/c1-3-17-16(20-14-7-8-15(11-14)23-2)18-9-10-24(21,22)19-12-13-5-4-6-13/h13-15,19H,3-12H2,1-2H3,(H2,17,18,20). The van der Waals surface area contributed by atoms with Gasteiger partial charge in [-0.1, -0.05) is 6.42 Å². The summed E-state index contributed by atoms with van der Waals surface area (Å²) in [5.74, 6) is 1.32. The zero-order valence-corrected chi connectivity index (χ0v) is 16.5. The van der Waals surface area contributed by atoms with Gasteiger partial charge in [-0.3, -0.25) is 4.99 Å². The Balaban J connectivity index is 1.75. The fourth-order valence-electron chi connectivity index (χ4n) is 3.09. The van der Waals surface area contributed by atoms with Crippen molar-refractivity contribution in [1.82, 2.24) is 15.4 Å². The lowest BCUT2D eigenvalue weighted by molar-refractivity contribution is 0.316. The van der Waals surface area contributed by atoms with Crippen molar-refractivity contribution in [2.24, 2.45) is 10.9 Å². The maximum Gasteiger partial charge on any atom is 0.213 e. The van der Waals surface area contributed by atoms with E-state index in [9.17, 15) is 8.42 Å². The summed E-state index contributed by atoms with van der Waals surface area (Å²) in [6.07, 6.45) is 9.21. The van der Waals surface area contributed by atoms with Gasteiger partial charge in [-0.15, -0.1) is 0 Å². The summed E-state index contributed by atoms with van der Waals surface area (Å²) in [4.78, 5) is 4.44. The summed E-state index contributed by atoms with van der Waals surface area (Å²) in [6.45, 7) is 3.67. The van der Waals surface area contributed by atoms with Crippen LogP contribution >= 0.6 is 11.8 Å². The highest BCUT2D eigenvalue weighted by atomic mass is 32.2. The molecule has 2 saturated carbocycles. The molecule has 0 amide bonds. The molecule has 0 aromatic heterocycles. The zero-order chi connectivity index (χ0) is 17.4. The average molecular weight is 377 g/mol. The predicted octanol–water partition coefficient (Wildman–Crippen LogP) is 1.55. The Bertz CT molecular complexity index is 506. The average Bonchev–Trinajstić information content (AvgIpc) is 2.93. The predicted molar refractivity (Wildman–Crippen MR) is 103 cm³/mol. The number of rotatable bonds is 9. The molecule has 0 aromatic carbocycles. The Morgan fingerprint density at radius 3 is 2.62 bits per heavy atom. The maximum atomic E-state index is 12.0. The van der Waals surface area contributed by atoms with Gasteiger partial charge in [0.1, 0.15) is 0 Å². The maximum absolute atomic E-state index is 12.0. The number of aliphatic imine (C=N–C) groups is 1. The van der Waals surface area contributed by atoms with Gasteiger partial charge in [0.2, 0.25) is 10.0 Å². The second-order valence-electron chi connectivity index (χ2n) is 6.74. The van der Waals surface area contributed by atoms with E-state index in [0.29, 0.717) is 18.5 Å². The van der Waals surface area contributed by atoms with Crippen LogP contribution in [0.25, 0.3) is 0 Å². The van der Waals surface area contributed by atoms with Crippen LogP contribution in [0, 0.1) is 5.92 Å². The minimum Gasteiger partial charge on any atom is -0.357 e. The van der Waals surface area contributed by atoms with E-state index in [4.69, 9.17) is 0 Å². The smallest absolute Gasteiger partial charge is 0.213 e. The highest BCUT2D eigenvalue weighted by Crippen LogP contribution is 2.28. The van der Waals surface area contributed by atoms with Crippen LogP contribution < -0.4 is 15.4 Å². The highest BCUT2D eigenvalue weighted by molar-refractivity contribution is 7.99. The molecule has 3 N–H and O–H groups in total. The molecule has 2 aliphatic carbocycles. The van der Waals surface area contributed by atoms with Gasteiger partial charge in [-0.05, 0) is 51.2 Å². The van der Waals surface area contributed by atoms with Gasteiger partial charge in [-0.25, -0.2) is 13.1 Å². The lowest BCUT2D eigenvalue weighted by Gasteiger charge is -2.25. The first kappa shape index (κ1) is 19.8. The molecule has 0 saturated heterocycles. The molecule has 0 aliphatic heterocycles. The van der Waals surface area contributed by atoms with E-state index in [0.717, 1.165) is 43.4 Å². The monoisotopic (exact) mass is 376 g/mol. The van der Waals surface area contributed by atoms with Gasteiger partial charge < -0.3 is 10.6 Å². The van der Waals surface area contributed by atoms with Crippen molar-refractivity contribution in [1.29, 1.82) is 0 Å². The molecule has 8 heteroatoms. The molecule has 0 aromatic rings. The largest absolute Gasteiger partial charge is 0.357 e. The van der Waals surface area contributed by atoms with Crippen molar-refractivity contribution in [3.8, 4) is 0 Å². The van der Waals surface area contributed by atoms with E-state index in [1.165, 1.54) is 12.8 Å². The van der Waals surface area contributed by atoms with Gasteiger partial charge in [0.25, 0.3) is 0 Å². The summed E-state index contributed by atoms with van der Waals surface area (Å²) in [5.41, 5.74) is 0. The molecule has 2 aliphatic rings. The van der Waals surface area contributed by atoms with Gasteiger partial charge in [0.05, 0.1) is 12.3 Å². The molecule has 0 bridgehead atoms. The van der Waals surface area contributed by atoms with Crippen LogP contribution in [-0.4, -0.2) is 57.3 Å². The van der Waals surface area contributed by atoms with Crippen molar-refractivity contribution in [2.75, 3.05) is 31.6 Å². The van der Waals surface area contributed by atoms with E-state index in [-0.39, 0.29) is 12.3 Å². The first-order valence-electron chi connectivity index (χ1n) is 9.07. The second-order valence-corrected chi connectivity index (χ2v) is 9.80. The first-order chi connectivity index (χ1) is 11.5. The summed E-state index contributed by atoms with van der Waals surface area (Å²) in [5, 5.41) is 7.38. The third-order valence-electron chi connectivity index (χ3n) is 4.85. The number of nitrogens with zero attached hydrogens (tertiary/aromatic N) is 1. The lowest BCUT2D eigenvalue weighted by atomic mass is 9.86. The first-order valence-corrected chi connectivity index (χ1v) is 12.0. The molecule has 0 heterocycles. The normalized spacial score (nSPS) is 25.5. The topological polar surface area (TPSA) is 82.6 Å². The molecule has 6 nitrogen and oxygen atoms in total. The van der Waals surface area contributed by atoms with E-state index in [1.54, 1.807) is 0 Å². The van der Waals surface area contributed by atoms with E-state index in [1.807, 2.05) is 18.7 Å². The van der Waals surface area contributed by atoms with Gasteiger partial charge in [-0.2, -0.15) is 11.8 Å². The van der Waals surface area contributed by atoms with Crippen LogP contribution in [0.3, 0.4) is 0 Å². The Kier molecular flexibility index (Phi) is 8.16. The minimum atomic E-state index is -3.22. The SMILES string of the molecule is CCNC(=NCCS(=O)(=O)NCC1CCC1)NC1CCC(SC)C1. The zero-order valence-electron chi connectivity index (χ0n) is 14.9. The van der Waals surface area contributed by atoms with Crippen LogP contribution in [-0.2, 0) is 10.0 Å². The Labute approximate surface area is 151 Å². The van der Waals surface area contributed by atoms with E-state index >= 15 is 0 Å². The number of hydrogen-bond acceptors (Lipinski definition) is 4. The molecule has 140 valence electrons. The third-order valence-corrected chi connectivity index (χ3v) is 7.27. The molecule has 2 rings (SSSR count). The second kappa shape index (κ2) is 9.87. The molecular formula is C16H32N4O2S2. The van der Waals surface area contributed by atoms with Crippen molar-refractivity contribution in [3.05, 3.63) is 0 Å². The summed E-state index contributed by atoms with van der Waals surface area (Å²) < 4.78 is 26.7. The summed E-state index contributed by atoms with van der Waals surface area (Å²) in [7, 11) is -3.22. The number of nitrogens with one attached hydrogen (secondary N) is 3. The fraction of sp³-hybridized carbons (Fsp3) is 0.938. The highest BCUT2D eigenvalue weighted by Gasteiger charge is 2.24. The Morgan fingerprint density at radius 1 is 1.25 bits per heavy atom. The van der Waals surface area contributed by atoms with Crippen LogP contribution in [0.1, 0.15) is 45.4 Å². The van der Waals surface area contributed by atoms with Crippen molar-refractivity contribution in [2.45, 2.75) is 56.7 Å². The van der Waals surface area contributed by atoms with Crippen molar-refractivity contribution in [3.63, 3.8) is 0 Å². The van der Waals surface area contributed by atoms with Crippen LogP contribution in [0.15, 0.2) is 4.99 Å². The number of sulfonamides is 1. The molecular weight excluding hydrogens is 344 g/mol. The van der Waals surface area contributed by atoms with Gasteiger partial charge >= 0.3 is 0 Å². The third kappa shape index (κ3) is 6.80. The Morgan fingerprint density at radius 2 is 2.04 bits per heavy atom. The van der Waals surface area contributed by atoms with Gasteiger partial charge in [0, 0.05) is 24.4 Å². The van der Waals surface area contributed by atoms with Gasteiger partial charge in [0.15, 0.2) is 5.96 Å². The van der Waals surface area contributed by atoms with Crippen LogP contribution in [0.5, 0.6) is 0 Å². The van der Waals surface area contributed by atoms with E-state index < -0.39 is 10.0 Å². The van der Waals surface area contributed by atoms with Crippen molar-refractivity contribution >= 4 is 27.7 Å². The molecule has 24 heavy (non-hydrogen) atoms. The Hall–Kier alpha value is -0.470. The van der Waals surface area contributed by atoms with Crippen LogP contribution in [0.4, 0.5) is 0 Å². The lowest BCUT2D eigenvalue weighted by Crippen LogP contribution is -2.43. The fourth-order valence-corrected chi connectivity index (χ4v) is 4.85. The molecule has 2 unspecified atom stereocenters. The molecule has 2 atom stereocenters. The quantitative estimate of drug-likeness (QED) is 0.420. The number of guanidine groups is 1. The molecule has 2 fully saturated rings. The summed E-state index contributed by atoms with van der Waals surface area (Å²) in [6, 6.07) is 0.439.